The minimum absolute atomic E-state index is 0.0823. The maximum atomic E-state index is 12.4. The predicted molar refractivity (Wildman–Crippen MR) is 98.4 cm³/mol. The Labute approximate surface area is 163 Å². The van der Waals surface area contributed by atoms with E-state index in [4.69, 9.17) is 18.9 Å². The van der Waals surface area contributed by atoms with Gasteiger partial charge in [0.15, 0.2) is 5.60 Å². The van der Waals surface area contributed by atoms with E-state index in [1.807, 2.05) is 0 Å². The molecule has 1 amide bonds. The lowest BCUT2D eigenvalue weighted by molar-refractivity contribution is -0.173. The number of ether oxygens (including phenoxy) is 3. The summed E-state index contributed by atoms with van der Waals surface area (Å²) >= 11 is 0. The summed E-state index contributed by atoms with van der Waals surface area (Å²) in [6.07, 6.45) is 0.571. The number of carbonyl (C=O) groups excluding carboxylic acids is 3. The molecule has 2 rings (SSSR count). The molecular weight excluding hydrogens is 369 g/mol. The first kappa shape index (κ1) is 21.7. The third kappa shape index (κ3) is 5.02. The standard InChI is InChI=1S/C18H24BNO8/c1-5-14(21)20-13-9-11-7-6-8-12(15(11)28-19(13)24)16(22)26-10-27-17(23)18(2,3)25-4/h6-8,13,24H,5,9-10H2,1-4H3,(H,20,21)/t13-/m0/s1. The Morgan fingerprint density at radius 1 is 1.32 bits per heavy atom. The van der Waals surface area contributed by atoms with Gasteiger partial charge in [-0.15, -0.1) is 0 Å². The fourth-order valence-corrected chi connectivity index (χ4v) is 2.49. The van der Waals surface area contributed by atoms with Gasteiger partial charge in [0.25, 0.3) is 0 Å². The van der Waals surface area contributed by atoms with Crippen molar-refractivity contribution in [3.63, 3.8) is 0 Å². The molecule has 0 saturated heterocycles. The molecule has 152 valence electrons. The lowest BCUT2D eigenvalue weighted by Gasteiger charge is -2.29. The fourth-order valence-electron chi connectivity index (χ4n) is 2.49. The van der Waals surface area contributed by atoms with Crippen LogP contribution in [0.25, 0.3) is 0 Å². The van der Waals surface area contributed by atoms with Gasteiger partial charge in [-0.05, 0) is 31.9 Å². The predicted octanol–water partition coefficient (Wildman–Crippen LogP) is 0.618. The van der Waals surface area contributed by atoms with Crippen LogP contribution in [0, 0.1) is 0 Å². The van der Waals surface area contributed by atoms with Gasteiger partial charge in [-0.2, -0.15) is 0 Å². The average molecular weight is 393 g/mol. The Morgan fingerprint density at radius 3 is 2.68 bits per heavy atom. The van der Waals surface area contributed by atoms with E-state index in [1.165, 1.54) is 27.0 Å². The summed E-state index contributed by atoms with van der Waals surface area (Å²) < 4.78 is 20.3. The molecule has 0 unspecified atom stereocenters. The summed E-state index contributed by atoms with van der Waals surface area (Å²) in [6, 6.07) is 4.83. The summed E-state index contributed by atoms with van der Waals surface area (Å²) in [4.78, 5) is 35.7. The quantitative estimate of drug-likeness (QED) is 0.393. The van der Waals surface area contributed by atoms with Gasteiger partial charge >= 0.3 is 19.1 Å². The Balaban J connectivity index is 2.04. The molecule has 28 heavy (non-hydrogen) atoms. The fraction of sp³-hybridized carbons (Fsp3) is 0.500. The first-order chi connectivity index (χ1) is 13.2. The van der Waals surface area contributed by atoms with Gasteiger partial charge < -0.3 is 29.2 Å². The SMILES string of the molecule is CCC(=O)N[C@H]1Cc2cccc(C(=O)OCOC(=O)C(C)(C)OC)c2OB1O. The van der Waals surface area contributed by atoms with Crippen LogP contribution >= 0.6 is 0 Å². The minimum Gasteiger partial charge on any atom is -0.534 e. The largest absolute Gasteiger partial charge is 0.547 e. The molecule has 0 bridgehead atoms. The molecule has 0 spiro atoms. The molecule has 0 aliphatic carbocycles. The number of hydrogen-bond donors (Lipinski definition) is 2. The van der Waals surface area contributed by atoms with Gasteiger partial charge in [0.2, 0.25) is 12.7 Å². The van der Waals surface area contributed by atoms with Crippen LogP contribution < -0.4 is 9.97 Å². The number of carbonyl (C=O) groups is 3. The van der Waals surface area contributed by atoms with Crippen LogP contribution in [0.2, 0.25) is 0 Å². The molecule has 1 aromatic rings. The third-order valence-electron chi connectivity index (χ3n) is 4.39. The summed E-state index contributed by atoms with van der Waals surface area (Å²) in [6.45, 7) is 4.15. The van der Waals surface area contributed by atoms with Crippen molar-refractivity contribution in [3.8, 4) is 5.75 Å². The number of rotatable bonds is 7. The first-order valence-electron chi connectivity index (χ1n) is 8.85. The number of amides is 1. The summed E-state index contributed by atoms with van der Waals surface area (Å²) in [5.41, 5.74) is -0.443. The molecular formula is C18H24BNO8. The number of methoxy groups -OCH3 is 1. The van der Waals surface area contributed by atoms with Crippen molar-refractivity contribution < 1.29 is 38.3 Å². The highest BCUT2D eigenvalue weighted by Crippen LogP contribution is 2.30. The van der Waals surface area contributed by atoms with E-state index in [0.29, 0.717) is 12.0 Å². The maximum absolute atomic E-state index is 12.4. The Kier molecular flexibility index (Phi) is 7.03. The number of hydrogen-bond acceptors (Lipinski definition) is 8. The lowest BCUT2D eigenvalue weighted by Crippen LogP contribution is -2.53. The summed E-state index contributed by atoms with van der Waals surface area (Å²) in [7, 11) is 0.0554. The highest BCUT2D eigenvalue weighted by molar-refractivity contribution is 6.47. The minimum atomic E-state index is -1.31. The molecule has 1 aromatic carbocycles. The number of benzene rings is 1. The number of fused-ring (bicyclic) bond motifs is 1. The molecule has 0 aromatic heterocycles. The molecule has 0 fully saturated rings. The highest BCUT2D eigenvalue weighted by atomic mass is 16.7. The van der Waals surface area contributed by atoms with E-state index < -0.39 is 37.4 Å². The molecule has 1 heterocycles. The maximum Gasteiger partial charge on any atom is 0.547 e. The second-order valence-corrected chi connectivity index (χ2v) is 6.73. The van der Waals surface area contributed by atoms with Gasteiger partial charge in [-0.25, -0.2) is 9.59 Å². The van der Waals surface area contributed by atoms with E-state index in [1.54, 1.807) is 19.1 Å². The zero-order valence-electron chi connectivity index (χ0n) is 16.3. The normalized spacial score (nSPS) is 15.9. The van der Waals surface area contributed by atoms with Crippen molar-refractivity contribution in [1.82, 2.24) is 5.32 Å². The van der Waals surface area contributed by atoms with E-state index in [0.717, 1.165) is 0 Å². The topological polar surface area (TPSA) is 120 Å². The zero-order chi connectivity index (χ0) is 20.9. The molecule has 10 heteroatoms. The molecule has 1 aliphatic heterocycles. The van der Waals surface area contributed by atoms with Crippen molar-refractivity contribution in [1.29, 1.82) is 0 Å². The van der Waals surface area contributed by atoms with Gasteiger partial charge in [0.05, 0.1) is 5.94 Å². The van der Waals surface area contributed by atoms with Crippen molar-refractivity contribution in [2.75, 3.05) is 13.9 Å². The second-order valence-electron chi connectivity index (χ2n) is 6.73. The smallest absolute Gasteiger partial charge is 0.534 e. The Hall–Kier alpha value is -2.59. The Morgan fingerprint density at radius 2 is 2.04 bits per heavy atom. The van der Waals surface area contributed by atoms with E-state index >= 15 is 0 Å². The number of nitrogens with one attached hydrogen (secondary N) is 1. The van der Waals surface area contributed by atoms with E-state index in [2.05, 4.69) is 5.32 Å². The molecule has 1 aliphatic rings. The van der Waals surface area contributed by atoms with Crippen LogP contribution in [-0.2, 0) is 30.2 Å². The average Bonchev–Trinajstić information content (AvgIpc) is 2.67. The Bertz CT molecular complexity index is 751. The molecule has 0 saturated carbocycles. The van der Waals surface area contributed by atoms with Crippen LogP contribution in [0.15, 0.2) is 18.2 Å². The van der Waals surface area contributed by atoms with Crippen LogP contribution in [0.3, 0.4) is 0 Å². The van der Waals surface area contributed by atoms with Crippen LogP contribution in [-0.4, -0.2) is 55.4 Å². The molecule has 0 radical (unpaired) electrons. The number of para-hydroxylation sites is 1. The molecule has 1 atom stereocenters. The van der Waals surface area contributed by atoms with Crippen LogP contribution in [0.4, 0.5) is 0 Å². The van der Waals surface area contributed by atoms with Gasteiger partial charge in [-0.1, -0.05) is 19.1 Å². The van der Waals surface area contributed by atoms with Gasteiger partial charge in [0.1, 0.15) is 11.3 Å². The van der Waals surface area contributed by atoms with Crippen molar-refractivity contribution in [2.45, 2.75) is 45.2 Å². The monoisotopic (exact) mass is 393 g/mol. The number of esters is 2. The summed E-state index contributed by atoms with van der Waals surface area (Å²) in [5, 5.41) is 12.8. The molecule has 2 N–H and O–H groups in total. The first-order valence-corrected chi connectivity index (χ1v) is 8.85. The summed E-state index contributed by atoms with van der Waals surface area (Å²) in [5.74, 6) is -2.12. The van der Waals surface area contributed by atoms with Crippen LogP contribution in [0.1, 0.15) is 43.1 Å². The van der Waals surface area contributed by atoms with E-state index in [-0.39, 0.29) is 23.6 Å². The van der Waals surface area contributed by atoms with E-state index in [9.17, 15) is 19.4 Å². The van der Waals surface area contributed by atoms with Gasteiger partial charge in [0, 0.05) is 13.5 Å². The van der Waals surface area contributed by atoms with Gasteiger partial charge in [-0.3, -0.25) is 4.79 Å². The second kappa shape index (κ2) is 9.07. The third-order valence-corrected chi connectivity index (χ3v) is 4.39. The lowest BCUT2D eigenvalue weighted by atomic mass is 9.72. The van der Waals surface area contributed by atoms with Crippen LogP contribution in [0.5, 0.6) is 5.75 Å². The molecule has 9 nitrogen and oxygen atoms in total. The van der Waals surface area contributed by atoms with Crippen molar-refractivity contribution in [2.24, 2.45) is 0 Å². The highest BCUT2D eigenvalue weighted by Gasteiger charge is 2.37. The van der Waals surface area contributed by atoms with Crippen molar-refractivity contribution >= 4 is 25.0 Å². The zero-order valence-corrected chi connectivity index (χ0v) is 16.3. The van der Waals surface area contributed by atoms with Crippen molar-refractivity contribution in [3.05, 3.63) is 29.3 Å².